The summed E-state index contributed by atoms with van der Waals surface area (Å²) >= 11 is 0. The van der Waals surface area contributed by atoms with E-state index in [1.54, 1.807) is 7.11 Å². The molecule has 1 saturated carbocycles. The quantitative estimate of drug-likeness (QED) is 0.761. The van der Waals surface area contributed by atoms with Crippen molar-refractivity contribution in [1.29, 1.82) is 0 Å². The Kier molecular flexibility index (Phi) is 4.22. The van der Waals surface area contributed by atoms with Crippen molar-refractivity contribution in [3.63, 3.8) is 0 Å². The highest BCUT2D eigenvalue weighted by Crippen LogP contribution is 2.53. The van der Waals surface area contributed by atoms with Crippen LogP contribution in [0.15, 0.2) is 42.5 Å². The predicted molar refractivity (Wildman–Crippen MR) is 97.1 cm³/mol. The van der Waals surface area contributed by atoms with Crippen LogP contribution in [0.5, 0.6) is 11.5 Å². The van der Waals surface area contributed by atoms with Crippen molar-refractivity contribution < 1.29 is 9.47 Å². The second kappa shape index (κ2) is 6.51. The van der Waals surface area contributed by atoms with E-state index in [1.807, 2.05) is 7.11 Å². The van der Waals surface area contributed by atoms with E-state index in [2.05, 4.69) is 42.5 Å². The van der Waals surface area contributed by atoms with Gasteiger partial charge in [0.1, 0.15) is 11.5 Å². The normalized spacial score (nSPS) is 25.5. The maximum atomic E-state index is 5.72. The molecule has 0 aromatic heterocycles. The summed E-state index contributed by atoms with van der Waals surface area (Å²) in [6.45, 7) is 0. The molecule has 0 aliphatic heterocycles. The summed E-state index contributed by atoms with van der Waals surface area (Å²) in [4.78, 5) is 0. The molecule has 24 heavy (non-hydrogen) atoms. The molecule has 2 aliphatic carbocycles. The zero-order chi connectivity index (χ0) is 16.5. The van der Waals surface area contributed by atoms with Crippen LogP contribution in [0.4, 0.5) is 0 Å². The molecule has 126 valence electrons. The van der Waals surface area contributed by atoms with Crippen LogP contribution in [0.25, 0.3) is 0 Å². The number of rotatable bonds is 3. The first-order valence-corrected chi connectivity index (χ1v) is 9.11. The predicted octanol–water partition coefficient (Wildman–Crippen LogP) is 5.32. The number of methoxy groups -OCH3 is 2. The molecule has 4 rings (SSSR count). The third-order valence-electron chi connectivity index (χ3n) is 6.07. The summed E-state index contributed by atoms with van der Waals surface area (Å²) in [6, 6.07) is 15.3. The lowest BCUT2D eigenvalue weighted by atomic mass is 9.61. The minimum absolute atomic E-state index is 0.612. The molecule has 0 amide bonds. The van der Waals surface area contributed by atoms with Gasteiger partial charge in [-0.2, -0.15) is 0 Å². The largest absolute Gasteiger partial charge is 0.497 e. The molecule has 0 bridgehead atoms. The zero-order valence-electron chi connectivity index (χ0n) is 14.6. The van der Waals surface area contributed by atoms with Gasteiger partial charge in [0.25, 0.3) is 0 Å². The fourth-order valence-corrected chi connectivity index (χ4v) is 4.97. The topological polar surface area (TPSA) is 18.5 Å². The van der Waals surface area contributed by atoms with Crippen molar-refractivity contribution >= 4 is 0 Å². The molecule has 0 N–H and O–H groups in total. The van der Waals surface area contributed by atoms with Crippen molar-refractivity contribution in [1.82, 2.24) is 0 Å². The lowest BCUT2D eigenvalue weighted by Crippen LogP contribution is -2.31. The fourth-order valence-electron chi connectivity index (χ4n) is 4.97. The summed E-state index contributed by atoms with van der Waals surface area (Å²) in [5.74, 6) is 4.02. The van der Waals surface area contributed by atoms with E-state index in [1.165, 1.54) is 42.4 Å². The third-order valence-corrected chi connectivity index (χ3v) is 6.07. The molecular weight excluding hydrogens is 296 g/mol. The first kappa shape index (κ1) is 15.6. The fraction of sp³-hybridized carbons (Fsp3) is 0.455. The number of ether oxygens (including phenoxy) is 2. The number of benzene rings is 2. The second-order valence-corrected chi connectivity index (χ2v) is 7.17. The molecule has 0 heterocycles. The van der Waals surface area contributed by atoms with Crippen LogP contribution in [0.1, 0.15) is 54.2 Å². The van der Waals surface area contributed by atoms with Crippen LogP contribution in [-0.2, 0) is 6.42 Å². The molecule has 3 unspecified atom stereocenters. The highest BCUT2D eigenvalue weighted by Gasteiger charge is 2.40. The highest BCUT2D eigenvalue weighted by molar-refractivity contribution is 5.47. The molecule has 2 nitrogen and oxygen atoms in total. The monoisotopic (exact) mass is 322 g/mol. The van der Waals surface area contributed by atoms with Crippen molar-refractivity contribution in [2.45, 2.75) is 43.9 Å². The Balaban J connectivity index is 1.76. The van der Waals surface area contributed by atoms with Crippen molar-refractivity contribution in [3.05, 3.63) is 59.2 Å². The maximum absolute atomic E-state index is 5.72. The Labute approximate surface area is 144 Å². The summed E-state index contributed by atoms with van der Waals surface area (Å²) in [5, 5.41) is 0. The summed E-state index contributed by atoms with van der Waals surface area (Å²) < 4.78 is 11.0. The minimum atomic E-state index is 0.612. The average molecular weight is 322 g/mol. The molecular formula is C22H26O2. The number of hydrogen-bond donors (Lipinski definition) is 0. The second-order valence-electron chi connectivity index (χ2n) is 7.17. The zero-order valence-corrected chi connectivity index (χ0v) is 14.6. The Bertz CT molecular complexity index is 704. The van der Waals surface area contributed by atoms with E-state index in [0.717, 1.165) is 23.8 Å². The molecule has 0 spiro atoms. The molecule has 0 saturated heterocycles. The standard InChI is InChI=1S/C22H26O2/c1-23-17-12-10-15(11-13-17)20-14-16-6-5-9-21(24-2)22(16)19-8-4-3-7-18(19)20/h5-6,9-13,18-20H,3-4,7-8,14H2,1-2H3. The Hall–Kier alpha value is -1.96. The summed E-state index contributed by atoms with van der Waals surface area (Å²) in [7, 11) is 3.54. The van der Waals surface area contributed by atoms with Crippen LogP contribution in [0.2, 0.25) is 0 Å². The maximum Gasteiger partial charge on any atom is 0.122 e. The van der Waals surface area contributed by atoms with Gasteiger partial charge >= 0.3 is 0 Å². The van der Waals surface area contributed by atoms with Crippen LogP contribution < -0.4 is 9.47 Å². The SMILES string of the molecule is COc1ccc(C2Cc3cccc(OC)c3C3CCCCC23)cc1. The molecule has 2 aliphatic rings. The molecule has 2 aromatic carbocycles. The van der Waals surface area contributed by atoms with Gasteiger partial charge in [-0.15, -0.1) is 0 Å². The van der Waals surface area contributed by atoms with Crippen LogP contribution >= 0.6 is 0 Å². The van der Waals surface area contributed by atoms with Gasteiger partial charge in [-0.05, 0) is 66.3 Å². The van der Waals surface area contributed by atoms with E-state index in [-0.39, 0.29) is 0 Å². The molecule has 1 fully saturated rings. The average Bonchev–Trinajstić information content (AvgIpc) is 2.67. The Morgan fingerprint density at radius 1 is 0.833 bits per heavy atom. The first-order chi connectivity index (χ1) is 11.8. The third kappa shape index (κ3) is 2.58. The first-order valence-electron chi connectivity index (χ1n) is 9.11. The van der Waals surface area contributed by atoms with Gasteiger partial charge in [-0.1, -0.05) is 37.1 Å². The highest BCUT2D eigenvalue weighted by atomic mass is 16.5. The van der Waals surface area contributed by atoms with E-state index >= 15 is 0 Å². The smallest absolute Gasteiger partial charge is 0.122 e. The Morgan fingerprint density at radius 2 is 1.62 bits per heavy atom. The minimum Gasteiger partial charge on any atom is -0.497 e. The number of fused-ring (bicyclic) bond motifs is 3. The van der Waals surface area contributed by atoms with Crippen LogP contribution in [-0.4, -0.2) is 14.2 Å². The molecule has 0 radical (unpaired) electrons. The van der Waals surface area contributed by atoms with Crippen molar-refractivity contribution in [2.24, 2.45) is 5.92 Å². The van der Waals surface area contributed by atoms with Gasteiger partial charge in [0.2, 0.25) is 0 Å². The van der Waals surface area contributed by atoms with Crippen LogP contribution in [0.3, 0.4) is 0 Å². The van der Waals surface area contributed by atoms with Crippen molar-refractivity contribution in [3.8, 4) is 11.5 Å². The lowest BCUT2D eigenvalue weighted by molar-refractivity contribution is 0.237. The van der Waals surface area contributed by atoms with E-state index in [4.69, 9.17) is 9.47 Å². The van der Waals surface area contributed by atoms with Crippen molar-refractivity contribution in [2.75, 3.05) is 14.2 Å². The van der Waals surface area contributed by atoms with Gasteiger partial charge in [0, 0.05) is 5.56 Å². The van der Waals surface area contributed by atoms with Gasteiger partial charge in [-0.25, -0.2) is 0 Å². The molecule has 3 atom stereocenters. The molecule has 2 aromatic rings. The van der Waals surface area contributed by atoms with Crippen LogP contribution in [0, 0.1) is 5.92 Å². The Morgan fingerprint density at radius 3 is 2.38 bits per heavy atom. The molecule has 2 heteroatoms. The van der Waals surface area contributed by atoms with Gasteiger partial charge in [0.05, 0.1) is 14.2 Å². The lowest BCUT2D eigenvalue weighted by Gasteiger charge is -2.43. The summed E-state index contributed by atoms with van der Waals surface area (Å²) in [5.41, 5.74) is 4.44. The van der Waals surface area contributed by atoms with E-state index < -0.39 is 0 Å². The van der Waals surface area contributed by atoms with Gasteiger partial charge in [0.15, 0.2) is 0 Å². The number of hydrogen-bond acceptors (Lipinski definition) is 2. The van der Waals surface area contributed by atoms with Gasteiger partial charge in [-0.3, -0.25) is 0 Å². The van der Waals surface area contributed by atoms with E-state index in [9.17, 15) is 0 Å². The van der Waals surface area contributed by atoms with Gasteiger partial charge < -0.3 is 9.47 Å². The summed E-state index contributed by atoms with van der Waals surface area (Å²) in [6.07, 6.45) is 6.45. The van der Waals surface area contributed by atoms with E-state index in [0.29, 0.717) is 11.8 Å².